The zero-order chi connectivity index (χ0) is 13.2. The summed E-state index contributed by atoms with van der Waals surface area (Å²) in [6.45, 7) is 0. The predicted octanol–water partition coefficient (Wildman–Crippen LogP) is 1.39. The summed E-state index contributed by atoms with van der Waals surface area (Å²) >= 11 is 0. The molecular formula is C13H10N4O2. The minimum atomic E-state index is -0.505. The molecule has 0 atom stereocenters. The number of hydrogen-bond donors (Lipinski definition) is 1. The van der Waals surface area contributed by atoms with E-state index in [9.17, 15) is 4.79 Å². The van der Waals surface area contributed by atoms with Gasteiger partial charge in [-0.2, -0.15) is 4.98 Å². The maximum absolute atomic E-state index is 11.5. The Balaban J connectivity index is 2.30. The first-order valence-electron chi connectivity index (χ1n) is 5.63. The smallest absolute Gasteiger partial charge is 0.351 e. The highest BCUT2D eigenvalue weighted by Crippen LogP contribution is 2.24. The summed E-state index contributed by atoms with van der Waals surface area (Å²) in [6, 6.07) is 7.77. The second-order valence-corrected chi connectivity index (χ2v) is 3.90. The normalized spacial score (nSPS) is 10.6. The van der Waals surface area contributed by atoms with Crippen molar-refractivity contribution in [1.82, 2.24) is 19.9 Å². The Morgan fingerprint density at radius 1 is 1.16 bits per heavy atom. The highest BCUT2D eigenvalue weighted by molar-refractivity contribution is 5.93. The number of ether oxygens (including phenoxy) is 1. The first-order valence-corrected chi connectivity index (χ1v) is 5.63. The summed E-state index contributed by atoms with van der Waals surface area (Å²) in [6.07, 6.45) is 3.41. The van der Waals surface area contributed by atoms with E-state index >= 15 is 0 Å². The molecule has 0 aliphatic heterocycles. The molecule has 19 heavy (non-hydrogen) atoms. The number of fused-ring (bicyclic) bond motifs is 1. The molecule has 0 aliphatic carbocycles. The Bertz CT molecular complexity index is 793. The fraction of sp³-hybridized carbons (Fsp3) is 0.0769. The van der Waals surface area contributed by atoms with E-state index < -0.39 is 5.69 Å². The lowest BCUT2D eigenvalue weighted by molar-refractivity contribution is 0.377. The van der Waals surface area contributed by atoms with Gasteiger partial charge >= 0.3 is 11.7 Å². The van der Waals surface area contributed by atoms with Gasteiger partial charge < -0.3 is 4.74 Å². The average molecular weight is 254 g/mol. The van der Waals surface area contributed by atoms with Crippen molar-refractivity contribution in [1.29, 1.82) is 0 Å². The topological polar surface area (TPSA) is 80.8 Å². The van der Waals surface area contributed by atoms with Crippen LogP contribution in [0.4, 0.5) is 0 Å². The lowest BCUT2D eigenvalue weighted by Gasteiger charge is -2.05. The molecule has 0 amide bonds. The largest absolute Gasteiger partial charge is 0.467 e. The molecule has 0 bridgehead atoms. The van der Waals surface area contributed by atoms with Crippen molar-refractivity contribution in [2.75, 3.05) is 7.11 Å². The number of rotatable bonds is 2. The molecule has 0 radical (unpaired) electrons. The highest BCUT2D eigenvalue weighted by Gasteiger charge is 2.09. The van der Waals surface area contributed by atoms with Crippen molar-refractivity contribution in [3.8, 4) is 17.4 Å². The van der Waals surface area contributed by atoms with Crippen LogP contribution in [0.2, 0.25) is 0 Å². The number of aromatic amines is 1. The number of methoxy groups -OCH3 is 1. The second-order valence-electron chi connectivity index (χ2n) is 3.90. The van der Waals surface area contributed by atoms with Gasteiger partial charge in [0.25, 0.3) is 0 Å². The molecule has 3 aromatic rings. The Kier molecular flexibility index (Phi) is 2.68. The van der Waals surface area contributed by atoms with Gasteiger partial charge in [0.2, 0.25) is 0 Å². The summed E-state index contributed by atoms with van der Waals surface area (Å²) in [4.78, 5) is 26.0. The minimum Gasteiger partial charge on any atom is -0.467 e. The first kappa shape index (κ1) is 11.3. The van der Waals surface area contributed by atoms with Gasteiger partial charge in [-0.3, -0.25) is 9.97 Å². The van der Waals surface area contributed by atoms with Crippen LogP contribution in [-0.4, -0.2) is 27.0 Å². The third kappa shape index (κ3) is 2.03. The number of nitrogens with zero attached hydrogens (tertiary/aromatic N) is 3. The van der Waals surface area contributed by atoms with Crippen molar-refractivity contribution in [2.24, 2.45) is 0 Å². The van der Waals surface area contributed by atoms with Gasteiger partial charge in [0.05, 0.1) is 7.11 Å². The number of H-pyrrole nitrogens is 1. The zero-order valence-corrected chi connectivity index (χ0v) is 10.1. The van der Waals surface area contributed by atoms with E-state index in [1.54, 1.807) is 12.4 Å². The third-order valence-electron chi connectivity index (χ3n) is 2.74. The van der Waals surface area contributed by atoms with Crippen LogP contribution in [0, 0.1) is 0 Å². The van der Waals surface area contributed by atoms with Crippen LogP contribution in [0.15, 0.2) is 41.5 Å². The monoisotopic (exact) mass is 254 g/mol. The standard InChI is InChI=1S/C13H10N4O2/c1-19-13-16-11(15-12(18)17-13)10-7-14-6-8-4-2-3-5-9(8)10/h2-7H,1H3,(H,15,16,17,18). The molecule has 2 aromatic heterocycles. The lowest BCUT2D eigenvalue weighted by Crippen LogP contribution is -2.14. The molecule has 0 saturated carbocycles. The molecule has 2 heterocycles. The molecule has 94 valence electrons. The Labute approximate surface area is 108 Å². The van der Waals surface area contributed by atoms with E-state index in [0.29, 0.717) is 5.82 Å². The number of aromatic nitrogens is 4. The van der Waals surface area contributed by atoms with Gasteiger partial charge in [-0.25, -0.2) is 4.79 Å². The SMILES string of the molecule is COc1nc(-c2cncc3ccccc23)[nH]c(=O)n1. The lowest BCUT2D eigenvalue weighted by atomic mass is 10.1. The zero-order valence-electron chi connectivity index (χ0n) is 10.1. The van der Waals surface area contributed by atoms with Crippen molar-refractivity contribution >= 4 is 10.8 Å². The predicted molar refractivity (Wildman–Crippen MR) is 69.9 cm³/mol. The molecule has 0 fully saturated rings. The number of pyridine rings is 1. The van der Waals surface area contributed by atoms with E-state index in [1.165, 1.54) is 7.11 Å². The van der Waals surface area contributed by atoms with Gasteiger partial charge in [-0.15, -0.1) is 4.98 Å². The van der Waals surface area contributed by atoms with Crippen molar-refractivity contribution < 1.29 is 4.74 Å². The summed E-state index contributed by atoms with van der Waals surface area (Å²) in [5, 5.41) is 1.92. The quantitative estimate of drug-likeness (QED) is 0.747. The van der Waals surface area contributed by atoms with Crippen LogP contribution in [0.5, 0.6) is 6.01 Å². The molecule has 0 unspecified atom stereocenters. The highest BCUT2D eigenvalue weighted by atomic mass is 16.5. The van der Waals surface area contributed by atoms with Crippen molar-refractivity contribution in [3.05, 3.63) is 47.1 Å². The van der Waals surface area contributed by atoms with E-state index in [-0.39, 0.29) is 6.01 Å². The van der Waals surface area contributed by atoms with Crippen LogP contribution in [-0.2, 0) is 0 Å². The van der Waals surface area contributed by atoms with E-state index in [4.69, 9.17) is 4.74 Å². The fourth-order valence-corrected chi connectivity index (χ4v) is 1.89. The minimum absolute atomic E-state index is 0.0340. The Hall–Kier alpha value is -2.76. The molecular weight excluding hydrogens is 244 g/mol. The third-order valence-corrected chi connectivity index (χ3v) is 2.74. The number of hydrogen-bond acceptors (Lipinski definition) is 5. The van der Waals surface area contributed by atoms with Gasteiger partial charge in [-0.1, -0.05) is 24.3 Å². The fourth-order valence-electron chi connectivity index (χ4n) is 1.89. The second kappa shape index (κ2) is 4.49. The number of nitrogens with one attached hydrogen (secondary N) is 1. The summed E-state index contributed by atoms with van der Waals surface area (Å²) in [7, 11) is 1.42. The van der Waals surface area contributed by atoms with Crippen molar-refractivity contribution in [2.45, 2.75) is 0 Å². The summed E-state index contributed by atoms with van der Waals surface area (Å²) < 4.78 is 4.91. The molecule has 1 N–H and O–H groups in total. The van der Waals surface area contributed by atoms with Crippen LogP contribution in [0.3, 0.4) is 0 Å². The molecule has 1 aromatic carbocycles. The van der Waals surface area contributed by atoms with Crippen LogP contribution < -0.4 is 10.4 Å². The van der Waals surface area contributed by atoms with E-state index in [2.05, 4.69) is 19.9 Å². The maximum atomic E-state index is 11.5. The molecule has 0 spiro atoms. The summed E-state index contributed by atoms with van der Waals surface area (Å²) in [5.41, 5.74) is 0.227. The van der Waals surface area contributed by atoms with Crippen molar-refractivity contribution in [3.63, 3.8) is 0 Å². The molecule has 0 saturated heterocycles. The number of benzene rings is 1. The molecule has 6 heteroatoms. The van der Waals surface area contributed by atoms with E-state index in [0.717, 1.165) is 16.3 Å². The van der Waals surface area contributed by atoms with Gasteiger partial charge in [-0.05, 0) is 5.39 Å². The van der Waals surface area contributed by atoms with Crippen LogP contribution >= 0.6 is 0 Å². The summed E-state index contributed by atoms with van der Waals surface area (Å²) in [5.74, 6) is 0.390. The van der Waals surface area contributed by atoms with E-state index in [1.807, 2.05) is 24.3 Å². The molecule has 3 rings (SSSR count). The first-order chi connectivity index (χ1) is 9.28. The van der Waals surface area contributed by atoms with Gasteiger partial charge in [0, 0.05) is 23.3 Å². The average Bonchev–Trinajstić information content (AvgIpc) is 2.46. The Morgan fingerprint density at radius 2 is 2.00 bits per heavy atom. The van der Waals surface area contributed by atoms with Gasteiger partial charge in [0.1, 0.15) is 5.82 Å². The van der Waals surface area contributed by atoms with Crippen LogP contribution in [0.25, 0.3) is 22.2 Å². The molecule has 0 aliphatic rings. The molecule has 6 nitrogen and oxygen atoms in total. The van der Waals surface area contributed by atoms with Gasteiger partial charge in [0.15, 0.2) is 0 Å². The van der Waals surface area contributed by atoms with Crippen LogP contribution in [0.1, 0.15) is 0 Å². The Morgan fingerprint density at radius 3 is 2.84 bits per heavy atom. The maximum Gasteiger partial charge on any atom is 0.351 e.